The van der Waals surface area contributed by atoms with Crippen molar-refractivity contribution in [1.29, 1.82) is 0 Å². The third-order valence-corrected chi connectivity index (χ3v) is 4.30. The molecule has 0 aromatic heterocycles. The van der Waals surface area contributed by atoms with Crippen LogP contribution in [0.3, 0.4) is 0 Å². The average Bonchev–Trinajstić information content (AvgIpc) is 2.16. The summed E-state index contributed by atoms with van der Waals surface area (Å²) in [7, 11) is -3.28. The highest BCUT2D eigenvalue weighted by molar-refractivity contribution is 7.91. The fourth-order valence-corrected chi connectivity index (χ4v) is 3.20. The molecule has 1 heterocycles. The lowest BCUT2D eigenvalue weighted by Gasteiger charge is -2.37. The number of rotatable bonds is 3. The normalized spacial score (nSPS) is 19.5. The summed E-state index contributed by atoms with van der Waals surface area (Å²) in [5, 5.41) is 0. The van der Waals surface area contributed by atoms with Gasteiger partial charge >= 0.3 is 0 Å². The smallest absolute Gasteiger partial charge is 0.180 e. The van der Waals surface area contributed by atoms with Gasteiger partial charge in [0.25, 0.3) is 0 Å². The zero-order valence-corrected chi connectivity index (χ0v) is 9.03. The Bertz CT molecular complexity index is 437. The highest BCUT2D eigenvalue weighted by Crippen LogP contribution is 2.20. The van der Waals surface area contributed by atoms with Gasteiger partial charge in [-0.1, -0.05) is 18.2 Å². The van der Waals surface area contributed by atoms with Gasteiger partial charge in [-0.3, -0.25) is 0 Å². The zero-order chi connectivity index (χ0) is 10.9. The molecule has 0 bridgehead atoms. The Labute approximate surface area is 89.0 Å². The fourth-order valence-electron chi connectivity index (χ4n) is 1.54. The molecule has 0 unspecified atom stereocenters. The van der Waals surface area contributed by atoms with Gasteiger partial charge < -0.3 is 10.5 Å². The largest absolute Gasteiger partial charge is 0.377 e. The Hall–Kier alpha value is -0.910. The summed E-state index contributed by atoms with van der Waals surface area (Å²) in [4.78, 5) is 0.321. The Morgan fingerprint density at radius 3 is 2.33 bits per heavy atom. The van der Waals surface area contributed by atoms with Crippen LogP contribution in [0.4, 0.5) is 0 Å². The monoisotopic (exact) mass is 227 g/mol. The summed E-state index contributed by atoms with van der Waals surface area (Å²) in [6, 6.07) is 8.35. The molecule has 2 N–H and O–H groups in total. The molecular formula is C10H13NO3S. The van der Waals surface area contributed by atoms with E-state index in [1.165, 1.54) is 0 Å². The summed E-state index contributed by atoms with van der Waals surface area (Å²) in [5.41, 5.74) is 5.12. The van der Waals surface area contributed by atoms with E-state index < -0.39 is 15.4 Å². The Morgan fingerprint density at radius 1 is 1.27 bits per heavy atom. The first-order chi connectivity index (χ1) is 7.02. The molecule has 4 nitrogen and oxygen atoms in total. The van der Waals surface area contributed by atoms with Crippen LogP contribution in [0.25, 0.3) is 0 Å². The molecule has 82 valence electrons. The average molecular weight is 227 g/mol. The quantitative estimate of drug-likeness (QED) is 0.800. The van der Waals surface area contributed by atoms with Crippen LogP contribution in [0.2, 0.25) is 0 Å². The molecule has 0 spiro atoms. The number of nitrogens with two attached hydrogens (primary N) is 1. The van der Waals surface area contributed by atoms with Crippen LogP contribution in [0.5, 0.6) is 0 Å². The maximum atomic E-state index is 11.9. The topological polar surface area (TPSA) is 69.4 Å². The first-order valence-electron chi connectivity index (χ1n) is 4.66. The van der Waals surface area contributed by atoms with E-state index in [0.29, 0.717) is 18.1 Å². The van der Waals surface area contributed by atoms with E-state index >= 15 is 0 Å². The lowest BCUT2D eigenvalue weighted by molar-refractivity contribution is -0.0414. The first-order valence-corrected chi connectivity index (χ1v) is 6.32. The molecule has 1 aromatic carbocycles. The van der Waals surface area contributed by atoms with Crippen LogP contribution < -0.4 is 5.73 Å². The van der Waals surface area contributed by atoms with E-state index in [9.17, 15) is 8.42 Å². The van der Waals surface area contributed by atoms with E-state index in [1.807, 2.05) is 0 Å². The van der Waals surface area contributed by atoms with Crippen molar-refractivity contribution in [2.75, 3.05) is 19.0 Å². The van der Waals surface area contributed by atoms with Crippen molar-refractivity contribution < 1.29 is 13.2 Å². The van der Waals surface area contributed by atoms with Crippen molar-refractivity contribution >= 4 is 9.84 Å². The number of hydrogen-bond acceptors (Lipinski definition) is 4. The highest BCUT2D eigenvalue weighted by atomic mass is 32.2. The summed E-state index contributed by atoms with van der Waals surface area (Å²) in [5.74, 6) is -0.0516. The van der Waals surface area contributed by atoms with E-state index in [-0.39, 0.29) is 5.75 Å². The van der Waals surface area contributed by atoms with Gasteiger partial charge in [-0.25, -0.2) is 8.42 Å². The molecule has 0 amide bonds. The van der Waals surface area contributed by atoms with E-state index in [2.05, 4.69) is 0 Å². The lowest BCUT2D eigenvalue weighted by atomic mass is 10.0. The molecule has 0 radical (unpaired) electrons. The van der Waals surface area contributed by atoms with Crippen molar-refractivity contribution in [3.8, 4) is 0 Å². The van der Waals surface area contributed by atoms with Crippen molar-refractivity contribution in [1.82, 2.24) is 0 Å². The zero-order valence-electron chi connectivity index (χ0n) is 8.22. The van der Waals surface area contributed by atoms with Gasteiger partial charge in [0.05, 0.1) is 29.4 Å². The van der Waals surface area contributed by atoms with Gasteiger partial charge in [0.15, 0.2) is 9.84 Å². The van der Waals surface area contributed by atoms with Crippen molar-refractivity contribution in [3.05, 3.63) is 30.3 Å². The third-order valence-electron chi connectivity index (χ3n) is 2.36. The predicted molar refractivity (Wildman–Crippen MR) is 56.2 cm³/mol. The van der Waals surface area contributed by atoms with Crippen LogP contribution in [0, 0.1) is 0 Å². The van der Waals surface area contributed by atoms with Crippen LogP contribution in [-0.4, -0.2) is 32.9 Å². The van der Waals surface area contributed by atoms with Crippen molar-refractivity contribution in [2.45, 2.75) is 10.4 Å². The molecular weight excluding hydrogens is 214 g/mol. The molecule has 1 aromatic rings. The summed E-state index contributed by atoms with van der Waals surface area (Å²) >= 11 is 0. The van der Waals surface area contributed by atoms with Gasteiger partial charge in [-0.15, -0.1) is 0 Å². The van der Waals surface area contributed by atoms with Crippen molar-refractivity contribution in [2.24, 2.45) is 5.73 Å². The number of sulfone groups is 1. The van der Waals surface area contributed by atoms with Crippen LogP contribution in [0.1, 0.15) is 0 Å². The minimum atomic E-state index is -3.28. The van der Waals surface area contributed by atoms with Gasteiger partial charge in [-0.2, -0.15) is 0 Å². The van der Waals surface area contributed by atoms with E-state index in [1.54, 1.807) is 30.3 Å². The van der Waals surface area contributed by atoms with Crippen molar-refractivity contribution in [3.63, 3.8) is 0 Å². The van der Waals surface area contributed by atoms with Crippen LogP contribution in [0.15, 0.2) is 35.2 Å². The third kappa shape index (κ3) is 2.19. The standard InChI is InChI=1S/C10H13NO3S/c11-10(6-14-7-10)8-15(12,13)9-4-2-1-3-5-9/h1-5H,6-8,11H2. The molecule has 15 heavy (non-hydrogen) atoms. The van der Waals surface area contributed by atoms with Gasteiger partial charge in [0, 0.05) is 0 Å². The van der Waals surface area contributed by atoms with Gasteiger partial charge in [0.1, 0.15) is 0 Å². The number of hydrogen-bond donors (Lipinski definition) is 1. The number of ether oxygens (including phenoxy) is 1. The molecule has 2 rings (SSSR count). The minimum Gasteiger partial charge on any atom is -0.377 e. The molecule has 0 saturated carbocycles. The molecule has 1 aliphatic rings. The second-order valence-corrected chi connectivity index (χ2v) is 5.92. The highest BCUT2D eigenvalue weighted by Gasteiger charge is 2.39. The Balaban J connectivity index is 2.21. The van der Waals surface area contributed by atoms with Crippen LogP contribution in [-0.2, 0) is 14.6 Å². The lowest BCUT2D eigenvalue weighted by Crippen LogP contribution is -2.61. The SMILES string of the molecule is NC1(CS(=O)(=O)c2ccccc2)COC1. The van der Waals surface area contributed by atoms with E-state index in [4.69, 9.17) is 10.5 Å². The molecule has 0 aliphatic carbocycles. The molecule has 1 saturated heterocycles. The minimum absolute atomic E-state index is 0.0516. The second-order valence-electron chi connectivity index (χ2n) is 3.93. The second kappa shape index (κ2) is 3.59. The molecule has 0 atom stereocenters. The summed E-state index contributed by atoms with van der Waals surface area (Å²) in [6.07, 6.45) is 0. The number of benzene rings is 1. The van der Waals surface area contributed by atoms with Crippen LogP contribution >= 0.6 is 0 Å². The fraction of sp³-hybridized carbons (Fsp3) is 0.400. The summed E-state index contributed by atoms with van der Waals surface area (Å²) < 4.78 is 28.7. The molecule has 5 heteroatoms. The van der Waals surface area contributed by atoms with E-state index in [0.717, 1.165) is 0 Å². The first kappa shape index (κ1) is 10.6. The molecule has 1 aliphatic heterocycles. The van der Waals surface area contributed by atoms with Gasteiger partial charge in [0.2, 0.25) is 0 Å². The predicted octanol–water partition coefficient (Wildman–Crippen LogP) is 0.188. The maximum Gasteiger partial charge on any atom is 0.180 e. The van der Waals surface area contributed by atoms with Gasteiger partial charge in [-0.05, 0) is 12.1 Å². The maximum absolute atomic E-state index is 11.9. The Morgan fingerprint density at radius 2 is 1.87 bits per heavy atom. The Kier molecular flexibility index (Phi) is 2.54. The summed E-state index contributed by atoms with van der Waals surface area (Å²) in [6.45, 7) is 0.637. The molecule has 1 fully saturated rings.